The molecule has 9 nitrogen and oxygen atoms in total. The first-order chi connectivity index (χ1) is 18.7. The van der Waals surface area contributed by atoms with E-state index in [0.717, 1.165) is 19.3 Å². The number of hydrogen-bond donors (Lipinski definition) is 4. The third-order valence-corrected chi connectivity index (χ3v) is 6.69. The number of unbranched alkanes of at least 4 members (excludes halogenated alkanes) is 13. The Bertz CT molecular complexity index is 680. The van der Waals surface area contributed by atoms with Crippen LogP contribution in [0, 0.1) is 5.92 Å². The highest BCUT2D eigenvalue weighted by atomic mass is 16.5. The molecule has 0 rings (SSSR count). The maximum atomic E-state index is 12.9. The van der Waals surface area contributed by atoms with Crippen LogP contribution in [0.25, 0.3) is 0 Å². The summed E-state index contributed by atoms with van der Waals surface area (Å²) in [7, 11) is 0. The van der Waals surface area contributed by atoms with Crippen molar-refractivity contribution in [1.29, 1.82) is 0 Å². The van der Waals surface area contributed by atoms with Gasteiger partial charge >= 0.3 is 5.97 Å². The molecule has 2 atom stereocenters. The van der Waals surface area contributed by atoms with Crippen LogP contribution in [0.4, 0.5) is 0 Å². The van der Waals surface area contributed by atoms with E-state index in [4.69, 9.17) is 16.2 Å². The van der Waals surface area contributed by atoms with Crippen molar-refractivity contribution in [2.45, 2.75) is 149 Å². The first kappa shape index (κ1) is 36.7. The number of guanidine groups is 1. The summed E-state index contributed by atoms with van der Waals surface area (Å²) >= 11 is 0. The second kappa shape index (κ2) is 24.7. The maximum absolute atomic E-state index is 12.9. The molecule has 9 heteroatoms. The van der Waals surface area contributed by atoms with Crippen molar-refractivity contribution in [2.75, 3.05) is 13.2 Å². The number of carbonyl (C=O) groups excluding carboxylic acids is 3. The van der Waals surface area contributed by atoms with E-state index >= 15 is 0 Å². The van der Waals surface area contributed by atoms with E-state index in [-0.39, 0.29) is 23.7 Å². The molecule has 0 aliphatic rings. The number of carbonyl (C=O) groups is 3. The largest absolute Gasteiger partial charge is 0.464 e. The van der Waals surface area contributed by atoms with Gasteiger partial charge < -0.3 is 26.8 Å². The third kappa shape index (κ3) is 23.3. The van der Waals surface area contributed by atoms with Gasteiger partial charge in [0.25, 0.3) is 0 Å². The first-order valence-corrected chi connectivity index (χ1v) is 15.5. The van der Waals surface area contributed by atoms with Crippen LogP contribution >= 0.6 is 0 Å². The lowest BCUT2D eigenvalue weighted by Crippen LogP contribution is -2.52. The Balaban J connectivity index is 4.35. The molecule has 0 radical (unpaired) electrons. The van der Waals surface area contributed by atoms with Crippen LogP contribution < -0.4 is 22.1 Å². The lowest BCUT2D eigenvalue weighted by Gasteiger charge is -2.23. The minimum atomic E-state index is -0.818. The lowest BCUT2D eigenvalue weighted by atomic mass is 10.0. The average molecular weight is 554 g/mol. The number of ether oxygens (including phenoxy) is 1. The molecule has 2 amide bonds. The third-order valence-electron chi connectivity index (χ3n) is 6.69. The summed E-state index contributed by atoms with van der Waals surface area (Å²) in [6.07, 6.45) is 19.0. The van der Waals surface area contributed by atoms with E-state index in [9.17, 15) is 14.4 Å². The average Bonchev–Trinajstić information content (AvgIpc) is 2.86. The Kier molecular flexibility index (Phi) is 23.2. The fourth-order valence-electron chi connectivity index (χ4n) is 4.54. The quantitative estimate of drug-likeness (QED) is 0.0535. The van der Waals surface area contributed by atoms with Crippen LogP contribution in [0.5, 0.6) is 0 Å². The number of nitrogens with zero attached hydrogens (tertiary/aromatic N) is 1. The summed E-state index contributed by atoms with van der Waals surface area (Å²) in [6, 6.07) is -1.52. The van der Waals surface area contributed by atoms with E-state index in [1.807, 2.05) is 13.8 Å². The van der Waals surface area contributed by atoms with Crippen molar-refractivity contribution >= 4 is 23.7 Å². The molecule has 0 fully saturated rings. The number of amides is 2. The van der Waals surface area contributed by atoms with Crippen molar-refractivity contribution in [3.63, 3.8) is 0 Å². The van der Waals surface area contributed by atoms with E-state index < -0.39 is 18.1 Å². The maximum Gasteiger partial charge on any atom is 0.328 e. The highest BCUT2D eigenvalue weighted by molar-refractivity contribution is 5.90. The topological polar surface area (TPSA) is 149 Å². The molecule has 39 heavy (non-hydrogen) atoms. The highest BCUT2D eigenvalue weighted by Gasteiger charge is 2.27. The van der Waals surface area contributed by atoms with Crippen LogP contribution in [0.15, 0.2) is 4.99 Å². The minimum absolute atomic E-state index is 0.0152. The summed E-state index contributed by atoms with van der Waals surface area (Å²) in [4.78, 5) is 41.2. The Labute approximate surface area is 238 Å². The predicted molar refractivity (Wildman–Crippen MR) is 160 cm³/mol. The molecule has 0 aromatic rings. The fraction of sp³-hybridized carbons (Fsp3) is 0.867. The molecular weight excluding hydrogens is 494 g/mol. The molecule has 0 aromatic carbocycles. The standard InChI is InChI=1S/C30H59N5O4/c1-5-6-7-8-9-10-11-12-13-14-15-16-17-18-22-39-29(38)26(20-19-21-33-30(31)32)35-28(37)27(23-24(2)3)34-25(4)36/h24,26-27H,5-23H2,1-4H3,(H,34,36)(H,35,37)(H4,31,32,33)/t26-,27-/m0/s1. The summed E-state index contributed by atoms with van der Waals surface area (Å²) in [5.74, 6) is -0.965. The molecule has 0 unspecified atom stereocenters. The van der Waals surface area contributed by atoms with Crippen molar-refractivity contribution < 1.29 is 19.1 Å². The van der Waals surface area contributed by atoms with Crippen molar-refractivity contribution in [3.8, 4) is 0 Å². The molecule has 0 aliphatic heterocycles. The SMILES string of the molecule is CCCCCCCCCCCCCCCCOC(=O)[C@H](CCCN=C(N)N)NC(=O)[C@H](CC(C)C)NC(C)=O. The molecule has 0 aromatic heterocycles. The van der Waals surface area contributed by atoms with E-state index in [1.54, 1.807) is 0 Å². The van der Waals surface area contributed by atoms with E-state index in [0.29, 0.717) is 32.4 Å². The van der Waals surface area contributed by atoms with Crippen LogP contribution in [-0.4, -0.2) is 49.0 Å². The van der Waals surface area contributed by atoms with Crippen LogP contribution in [0.1, 0.15) is 137 Å². The van der Waals surface area contributed by atoms with Gasteiger partial charge in [-0.05, 0) is 31.6 Å². The van der Waals surface area contributed by atoms with E-state index in [1.165, 1.54) is 77.6 Å². The van der Waals surface area contributed by atoms with Gasteiger partial charge in [-0.25, -0.2) is 4.79 Å². The number of hydrogen-bond acceptors (Lipinski definition) is 5. The van der Waals surface area contributed by atoms with Gasteiger partial charge in [0, 0.05) is 13.5 Å². The molecule has 0 saturated heterocycles. The van der Waals surface area contributed by atoms with Crippen molar-refractivity contribution in [2.24, 2.45) is 22.4 Å². The summed E-state index contributed by atoms with van der Waals surface area (Å²) in [6.45, 7) is 8.25. The Hall–Kier alpha value is -2.32. The Morgan fingerprint density at radius 3 is 1.72 bits per heavy atom. The summed E-state index contributed by atoms with van der Waals surface area (Å²) in [5, 5.41) is 5.46. The smallest absolute Gasteiger partial charge is 0.328 e. The highest BCUT2D eigenvalue weighted by Crippen LogP contribution is 2.13. The predicted octanol–water partition coefficient (Wildman–Crippen LogP) is 5.10. The lowest BCUT2D eigenvalue weighted by molar-refractivity contribution is -0.148. The fourth-order valence-corrected chi connectivity index (χ4v) is 4.54. The van der Waals surface area contributed by atoms with Gasteiger partial charge in [-0.2, -0.15) is 0 Å². The number of esters is 1. The molecule has 228 valence electrons. The monoisotopic (exact) mass is 553 g/mol. The molecule has 0 heterocycles. The van der Waals surface area contributed by atoms with Crippen molar-refractivity contribution in [3.05, 3.63) is 0 Å². The number of nitrogens with two attached hydrogens (primary N) is 2. The van der Waals surface area contributed by atoms with Gasteiger partial charge in [0.05, 0.1) is 6.61 Å². The molecule has 0 saturated carbocycles. The first-order valence-electron chi connectivity index (χ1n) is 15.5. The van der Waals surface area contributed by atoms with Gasteiger partial charge in [-0.3, -0.25) is 14.6 Å². The van der Waals surface area contributed by atoms with Gasteiger partial charge in [-0.1, -0.05) is 104 Å². The summed E-state index contributed by atoms with van der Waals surface area (Å²) < 4.78 is 5.51. The van der Waals surface area contributed by atoms with Crippen LogP contribution in [0.2, 0.25) is 0 Å². The number of rotatable bonds is 25. The van der Waals surface area contributed by atoms with Crippen LogP contribution in [-0.2, 0) is 19.1 Å². The number of nitrogens with one attached hydrogen (secondary N) is 2. The second-order valence-corrected chi connectivity index (χ2v) is 11.2. The van der Waals surface area contributed by atoms with Gasteiger partial charge in [0.2, 0.25) is 11.8 Å². The molecular formula is C30H59N5O4. The molecule has 0 spiro atoms. The van der Waals surface area contributed by atoms with Crippen LogP contribution in [0.3, 0.4) is 0 Å². The van der Waals surface area contributed by atoms with Gasteiger partial charge in [-0.15, -0.1) is 0 Å². The Morgan fingerprint density at radius 2 is 1.26 bits per heavy atom. The molecule has 0 bridgehead atoms. The van der Waals surface area contributed by atoms with Gasteiger partial charge in [0.15, 0.2) is 5.96 Å². The molecule has 6 N–H and O–H groups in total. The Morgan fingerprint density at radius 1 is 0.744 bits per heavy atom. The van der Waals surface area contributed by atoms with E-state index in [2.05, 4.69) is 22.5 Å². The zero-order valence-corrected chi connectivity index (χ0v) is 25.4. The number of aliphatic imine (C=N–C) groups is 1. The van der Waals surface area contributed by atoms with Crippen molar-refractivity contribution in [1.82, 2.24) is 10.6 Å². The zero-order chi connectivity index (χ0) is 29.3. The summed E-state index contributed by atoms with van der Waals surface area (Å²) in [5.41, 5.74) is 10.8. The van der Waals surface area contributed by atoms with Gasteiger partial charge in [0.1, 0.15) is 12.1 Å². The normalized spacial score (nSPS) is 12.5. The molecule has 0 aliphatic carbocycles. The minimum Gasteiger partial charge on any atom is -0.464 e. The second-order valence-electron chi connectivity index (χ2n) is 11.2. The zero-order valence-electron chi connectivity index (χ0n) is 25.4.